The fraction of sp³-hybridized carbons (Fsp3) is 0.600. The molecule has 20 heavy (non-hydrogen) atoms. The minimum Gasteiger partial charge on any atom is -0.490 e. The molecule has 0 radical (unpaired) electrons. The Labute approximate surface area is 119 Å². The van der Waals surface area contributed by atoms with E-state index in [9.17, 15) is 8.78 Å². The van der Waals surface area contributed by atoms with Crippen molar-refractivity contribution in [2.45, 2.75) is 33.8 Å². The molecule has 0 aromatic heterocycles. The fourth-order valence-electron chi connectivity index (χ4n) is 1.79. The predicted molar refractivity (Wildman–Crippen MR) is 75.7 cm³/mol. The van der Waals surface area contributed by atoms with Crippen molar-refractivity contribution in [3.8, 4) is 11.5 Å². The maximum Gasteiger partial charge on any atom is 0.387 e. The van der Waals surface area contributed by atoms with Crippen LogP contribution in [-0.2, 0) is 6.42 Å². The Kier molecular flexibility index (Phi) is 7.30. The molecule has 0 spiro atoms. The van der Waals surface area contributed by atoms with Crippen LogP contribution in [-0.4, -0.2) is 26.3 Å². The van der Waals surface area contributed by atoms with Crippen LogP contribution in [0.25, 0.3) is 0 Å². The van der Waals surface area contributed by atoms with Gasteiger partial charge in [0, 0.05) is 0 Å². The van der Waals surface area contributed by atoms with Gasteiger partial charge in [0.05, 0.1) is 6.61 Å². The lowest BCUT2D eigenvalue weighted by molar-refractivity contribution is -0.0514. The van der Waals surface area contributed by atoms with Crippen LogP contribution in [0, 0.1) is 5.92 Å². The lowest BCUT2D eigenvalue weighted by Gasteiger charge is -2.13. The number of rotatable bonds is 9. The lowest BCUT2D eigenvalue weighted by atomic mass is 10.1. The van der Waals surface area contributed by atoms with Gasteiger partial charge in [-0.3, -0.25) is 0 Å². The van der Waals surface area contributed by atoms with Gasteiger partial charge in [-0.15, -0.1) is 0 Å². The number of nitrogens with one attached hydrogen (secondary N) is 1. The molecular formula is C15H23F2NO2. The normalized spacial score (nSPS) is 11.2. The van der Waals surface area contributed by atoms with Gasteiger partial charge in [0.25, 0.3) is 0 Å². The smallest absolute Gasteiger partial charge is 0.387 e. The highest BCUT2D eigenvalue weighted by Gasteiger charge is 2.11. The van der Waals surface area contributed by atoms with E-state index in [0.717, 1.165) is 25.1 Å². The van der Waals surface area contributed by atoms with Crippen LogP contribution in [0.5, 0.6) is 11.5 Å². The molecule has 0 aliphatic rings. The molecule has 0 bridgehead atoms. The Morgan fingerprint density at radius 3 is 2.55 bits per heavy atom. The highest BCUT2D eigenvalue weighted by Crippen LogP contribution is 2.29. The molecule has 0 amide bonds. The standard InChI is InChI=1S/C15H23F2NO2/c1-4-19-14-9-12(7-8-18-10-11(2)3)5-6-13(14)20-15(16)17/h5-6,9,11,15,18H,4,7-8,10H2,1-3H3. The highest BCUT2D eigenvalue weighted by atomic mass is 19.3. The second kappa shape index (κ2) is 8.74. The van der Waals surface area contributed by atoms with Gasteiger partial charge >= 0.3 is 6.61 Å². The van der Waals surface area contributed by atoms with Crippen molar-refractivity contribution in [2.24, 2.45) is 5.92 Å². The van der Waals surface area contributed by atoms with Crippen molar-refractivity contribution in [1.82, 2.24) is 5.32 Å². The van der Waals surface area contributed by atoms with Crippen LogP contribution < -0.4 is 14.8 Å². The van der Waals surface area contributed by atoms with E-state index < -0.39 is 6.61 Å². The van der Waals surface area contributed by atoms with Crippen molar-refractivity contribution in [2.75, 3.05) is 19.7 Å². The molecule has 1 aromatic rings. The quantitative estimate of drug-likeness (QED) is 0.705. The average molecular weight is 287 g/mol. The summed E-state index contributed by atoms with van der Waals surface area (Å²) >= 11 is 0. The van der Waals surface area contributed by atoms with Gasteiger partial charge in [0.1, 0.15) is 0 Å². The van der Waals surface area contributed by atoms with Gasteiger partial charge in [-0.1, -0.05) is 19.9 Å². The zero-order chi connectivity index (χ0) is 15.0. The van der Waals surface area contributed by atoms with Crippen molar-refractivity contribution in [3.63, 3.8) is 0 Å². The third kappa shape index (κ3) is 6.19. The number of hydrogen-bond donors (Lipinski definition) is 1. The van der Waals surface area contributed by atoms with Gasteiger partial charge in [0.15, 0.2) is 11.5 Å². The second-order valence-corrected chi connectivity index (χ2v) is 4.94. The molecule has 5 heteroatoms. The fourth-order valence-corrected chi connectivity index (χ4v) is 1.79. The third-order valence-electron chi connectivity index (χ3n) is 2.67. The molecule has 1 rings (SSSR count). The molecule has 0 heterocycles. The first-order valence-electron chi connectivity index (χ1n) is 6.94. The van der Waals surface area contributed by atoms with E-state index >= 15 is 0 Å². The van der Waals surface area contributed by atoms with E-state index in [2.05, 4.69) is 23.9 Å². The van der Waals surface area contributed by atoms with E-state index in [4.69, 9.17) is 4.74 Å². The summed E-state index contributed by atoms with van der Waals surface area (Å²) in [6.45, 7) is 5.49. The number of alkyl halides is 2. The van der Waals surface area contributed by atoms with Crippen LogP contribution in [0.2, 0.25) is 0 Å². The maximum atomic E-state index is 12.3. The number of hydrogen-bond acceptors (Lipinski definition) is 3. The van der Waals surface area contributed by atoms with Gasteiger partial charge in [-0.25, -0.2) is 0 Å². The summed E-state index contributed by atoms with van der Waals surface area (Å²) in [6, 6.07) is 5.09. The second-order valence-electron chi connectivity index (χ2n) is 4.94. The molecule has 114 valence electrons. The molecule has 1 aromatic carbocycles. The summed E-state index contributed by atoms with van der Waals surface area (Å²) in [5.74, 6) is 1.06. The SMILES string of the molecule is CCOc1cc(CCNCC(C)C)ccc1OC(F)F. The first kappa shape index (κ1) is 16.7. The first-order chi connectivity index (χ1) is 9.52. The molecule has 1 N–H and O–H groups in total. The molecule has 0 fully saturated rings. The summed E-state index contributed by atoms with van der Waals surface area (Å²) in [4.78, 5) is 0. The van der Waals surface area contributed by atoms with E-state index in [1.807, 2.05) is 6.92 Å². The predicted octanol–water partition coefficient (Wildman–Crippen LogP) is 3.47. The van der Waals surface area contributed by atoms with Crippen LogP contribution in [0.15, 0.2) is 18.2 Å². The Morgan fingerprint density at radius 2 is 1.95 bits per heavy atom. The van der Waals surface area contributed by atoms with Crippen molar-refractivity contribution in [3.05, 3.63) is 23.8 Å². The number of halogens is 2. The zero-order valence-corrected chi connectivity index (χ0v) is 12.3. The van der Waals surface area contributed by atoms with Crippen LogP contribution in [0.1, 0.15) is 26.3 Å². The zero-order valence-electron chi connectivity index (χ0n) is 12.3. The highest BCUT2D eigenvalue weighted by molar-refractivity contribution is 5.43. The summed E-state index contributed by atoms with van der Waals surface area (Å²) in [7, 11) is 0. The monoisotopic (exact) mass is 287 g/mol. The Hall–Kier alpha value is -1.36. The summed E-state index contributed by atoms with van der Waals surface area (Å²) in [6.07, 6.45) is 0.821. The molecule has 0 unspecified atom stereocenters. The third-order valence-corrected chi connectivity index (χ3v) is 2.67. The van der Waals surface area contributed by atoms with Gasteiger partial charge in [0.2, 0.25) is 0 Å². The maximum absolute atomic E-state index is 12.3. The van der Waals surface area contributed by atoms with Crippen molar-refractivity contribution >= 4 is 0 Å². The van der Waals surface area contributed by atoms with Crippen LogP contribution in [0.3, 0.4) is 0 Å². The van der Waals surface area contributed by atoms with Crippen molar-refractivity contribution in [1.29, 1.82) is 0 Å². The first-order valence-corrected chi connectivity index (χ1v) is 6.94. The van der Waals surface area contributed by atoms with E-state index in [1.54, 1.807) is 12.1 Å². The molecule has 3 nitrogen and oxygen atoms in total. The summed E-state index contributed by atoms with van der Waals surface area (Å²) < 4.78 is 34.3. The minimum atomic E-state index is -2.84. The van der Waals surface area contributed by atoms with E-state index in [-0.39, 0.29) is 5.75 Å². The van der Waals surface area contributed by atoms with Gasteiger partial charge in [-0.05, 0) is 50.0 Å². The average Bonchev–Trinajstić information content (AvgIpc) is 2.37. The van der Waals surface area contributed by atoms with Gasteiger partial charge < -0.3 is 14.8 Å². The molecule has 0 saturated carbocycles. The molecular weight excluding hydrogens is 264 g/mol. The molecule has 0 aliphatic heterocycles. The lowest BCUT2D eigenvalue weighted by Crippen LogP contribution is -2.22. The number of ether oxygens (including phenoxy) is 2. The Bertz CT molecular complexity index is 397. The van der Waals surface area contributed by atoms with Gasteiger partial charge in [-0.2, -0.15) is 8.78 Å². The summed E-state index contributed by atoms with van der Waals surface area (Å²) in [5, 5.41) is 3.34. The Balaban J connectivity index is 2.62. The molecule has 0 aliphatic carbocycles. The largest absolute Gasteiger partial charge is 0.490 e. The topological polar surface area (TPSA) is 30.5 Å². The van der Waals surface area contributed by atoms with Crippen LogP contribution >= 0.6 is 0 Å². The van der Waals surface area contributed by atoms with E-state index in [1.165, 1.54) is 6.07 Å². The number of benzene rings is 1. The summed E-state index contributed by atoms with van der Waals surface area (Å²) in [5.41, 5.74) is 1.03. The molecule has 0 atom stereocenters. The van der Waals surface area contributed by atoms with E-state index in [0.29, 0.717) is 18.3 Å². The minimum absolute atomic E-state index is 0.0840. The Morgan fingerprint density at radius 1 is 1.20 bits per heavy atom. The van der Waals surface area contributed by atoms with Crippen molar-refractivity contribution < 1.29 is 18.3 Å². The molecule has 0 saturated heterocycles. The van der Waals surface area contributed by atoms with Crippen LogP contribution in [0.4, 0.5) is 8.78 Å².